The molecule has 1 atom stereocenters. The normalized spacial score (nSPS) is 15.1. The Bertz CT molecular complexity index is 537. The van der Waals surface area contributed by atoms with Gasteiger partial charge in [-0.3, -0.25) is 10.4 Å². The van der Waals surface area contributed by atoms with Crippen LogP contribution in [0.2, 0.25) is 0 Å². The lowest BCUT2D eigenvalue weighted by molar-refractivity contribution is 0.237. The van der Waals surface area contributed by atoms with Crippen molar-refractivity contribution >= 4 is 19.7 Å². The molecule has 108 valence electrons. The Morgan fingerprint density at radius 2 is 2.00 bits per heavy atom. The van der Waals surface area contributed by atoms with E-state index in [0.29, 0.717) is 12.4 Å². The predicted octanol–water partition coefficient (Wildman–Crippen LogP) is 4.14. The van der Waals surface area contributed by atoms with Crippen LogP contribution in [0.5, 0.6) is 0 Å². The van der Waals surface area contributed by atoms with E-state index in [1.165, 1.54) is 0 Å². The summed E-state index contributed by atoms with van der Waals surface area (Å²) >= 11 is 0. The standard InChI is InChI=1S/C14H20N2O3P/c1-5-18-20(17)19-13-10-16(14(2,3)4)15-12-9-7-6-8-11(12)13/h6-10,15H,5H2,1-4H3/q+1. The molecule has 0 amide bonds. The number of fused-ring (bicyclic) bond motifs is 1. The first-order valence-electron chi connectivity index (χ1n) is 6.57. The van der Waals surface area contributed by atoms with Gasteiger partial charge in [0, 0.05) is 10.1 Å². The Labute approximate surface area is 120 Å². The topological polar surface area (TPSA) is 50.8 Å². The molecule has 0 saturated carbocycles. The van der Waals surface area contributed by atoms with Crippen molar-refractivity contribution in [1.82, 2.24) is 5.01 Å². The molecule has 1 aliphatic heterocycles. The molecule has 1 aromatic carbocycles. The lowest BCUT2D eigenvalue weighted by atomic mass is 10.1. The number of nitrogens with one attached hydrogen (secondary N) is 1. The fourth-order valence-electron chi connectivity index (χ4n) is 1.79. The van der Waals surface area contributed by atoms with Crippen LogP contribution in [0.15, 0.2) is 30.5 Å². The zero-order chi connectivity index (χ0) is 14.8. The van der Waals surface area contributed by atoms with Gasteiger partial charge in [-0.05, 0) is 39.8 Å². The molecule has 0 fully saturated rings. The smallest absolute Gasteiger partial charge is 0.298 e. The summed E-state index contributed by atoms with van der Waals surface area (Å²) in [4.78, 5) is 0. The summed E-state index contributed by atoms with van der Waals surface area (Å²) in [7, 11) is -2.16. The summed E-state index contributed by atoms with van der Waals surface area (Å²) in [6.45, 7) is 8.36. The minimum Gasteiger partial charge on any atom is -0.298 e. The fraction of sp³-hybridized carbons (Fsp3) is 0.429. The average molecular weight is 295 g/mol. The van der Waals surface area contributed by atoms with Gasteiger partial charge in [0.05, 0.1) is 17.4 Å². The molecule has 20 heavy (non-hydrogen) atoms. The van der Waals surface area contributed by atoms with E-state index in [1.54, 1.807) is 6.92 Å². The third-order valence-electron chi connectivity index (χ3n) is 2.81. The predicted molar refractivity (Wildman–Crippen MR) is 80.0 cm³/mol. The van der Waals surface area contributed by atoms with Gasteiger partial charge in [0.2, 0.25) is 5.76 Å². The van der Waals surface area contributed by atoms with Crippen LogP contribution in [0.3, 0.4) is 0 Å². The zero-order valence-corrected chi connectivity index (χ0v) is 13.1. The van der Waals surface area contributed by atoms with Crippen LogP contribution in [-0.4, -0.2) is 17.2 Å². The Morgan fingerprint density at radius 1 is 1.30 bits per heavy atom. The molecule has 0 bridgehead atoms. The minimum absolute atomic E-state index is 0.139. The second kappa shape index (κ2) is 5.81. The summed E-state index contributed by atoms with van der Waals surface area (Å²) in [5, 5.41) is 1.93. The van der Waals surface area contributed by atoms with E-state index in [1.807, 2.05) is 35.5 Å². The summed E-state index contributed by atoms with van der Waals surface area (Å²) in [5.41, 5.74) is 4.96. The minimum atomic E-state index is -2.16. The molecule has 1 aliphatic rings. The SMILES string of the molecule is CCO[P+](=O)OC1=CN(C(C)(C)C)Nc2ccccc21. The number of nitrogens with zero attached hydrogens (tertiary/aromatic N) is 1. The first kappa shape index (κ1) is 14.8. The van der Waals surface area contributed by atoms with Gasteiger partial charge in [-0.15, -0.1) is 4.52 Å². The molecule has 0 aromatic heterocycles. The Kier molecular flexibility index (Phi) is 4.31. The molecular formula is C14H20N2O3P+. The zero-order valence-electron chi connectivity index (χ0n) is 12.2. The van der Waals surface area contributed by atoms with Crippen LogP contribution in [0.25, 0.3) is 5.76 Å². The van der Waals surface area contributed by atoms with Crippen molar-refractivity contribution in [2.75, 3.05) is 12.0 Å². The van der Waals surface area contributed by atoms with Crippen LogP contribution < -0.4 is 5.43 Å². The van der Waals surface area contributed by atoms with Gasteiger partial charge >= 0.3 is 8.25 Å². The highest BCUT2D eigenvalue weighted by Crippen LogP contribution is 2.38. The molecule has 1 N–H and O–H groups in total. The van der Waals surface area contributed by atoms with Gasteiger partial charge in [0.1, 0.15) is 6.61 Å². The number of rotatable bonds is 4. The maximum absolute atomic E-state index is 11.7. The molecule has 1 heterocycles. The van der Waals surface area contributed by atoms with E-state index in [-0.39, 0.29) is 5.54 Å². The van der Waals surface area contributed by atoms with Gasteiger partial charge < -0.3 is 0 Å². The van der Waals surface area contributed by atoms with Crippen molar-refractivity contribution in [3.05, 3.63) is 36.0 Å². The van der Waals surface area contributed by atoms with E-state index < -0.39 is 8.25 Å². The third kappa shape index (κ3) is 3.30. The number of para-hydroxylation sites is 1. The monoisotopic (exact) mass is 295 g/mol. The molecule has 0 saturated heterocycles. The fourth-order valence-corrected chi connectivity index (χ4v) is 2.36. The molecule has 1 unspecified atom stereocenters. The lowest BCUT2D eigenvalue weighted by Crippen LogP contribution is -2.43. The van der Waals surface area contributed by atoms with E-state index in [4.69, 9.17) is 9.05 Å². The van der Waals surface area contributed by atoms with E-state index in [9.17, 15) is 4.57 Å². The van der Waals surface area contributed by atoms with Crippen molar-refractivity contribution in [3.63, 3.8) is 0 Å². The molecule has 1 aromatic rings. The van der Waals surface area contributed by atoms with Crippen LogP contribution in [-0.2, 0) is 13.6 Å². The van der Waals surface area contributed by atoms with Crippen LogP contribution >= 0.6 is 8.25 Å². The second-order valence-electron chi connectivity index (χ2n) is 5.42. The summed E-state index contributed by atoms with van der Waals surface area (Å²) in [6.07, 6.45) is 1.81. The first-order valence-corrected chi connectivity index (χ1v) is 7.66. The van der Waals surface area contributed by atoms with Crippen molar-refractivity contribution in [1.29, 1.82) is 0 Å². The average Bonchev–Trinajstić information content (AvgIpc) is 2.37. The van der Waals surface area contributed by atoms with Gasteiger partial charge in [-0.2, -0.15) is 0 Å². The largest absolute Gasteiger partial charge is 0.750 e. The number of benzene rings is 1. The number of anilines is 1. The van der Waals surface area contributed by atoms with Gasteiger partial charge in [-0.1, -0.05) is 12.1 Å². The van der Waals surface area contributed by atoms with Crippen molar-refractivity contribution in [3.8, 4) is 0 Å². The number of hydrazine groups is 1. The van der Waals surface area contributed by atoms with E-state index in [0.717, 1.165) is 11.3 Å². The van der Waals surface area contributed by atoms with Crippen LogP contribution in [0.4, 0.5) is 5.69 Å². The van der Waals surface area contributed by atoms with Gasteiger partial charge in [-0.25, -0.2) is 4.52 Å². The molecule has 6 heteroatoms. The molecular weight excluding hydrogens is 275 g/mol. The first-order chi connectivity index (χ1) is 9.41. The third-order valence-corrected chi connectivity index (χ3v) is 3.62. The van der Waals surface area contributed by atoms with Gasteiger partial charge in [0.25, 0.3) is 0 Å². The maximum atomic E-state index is 11.7. The van der Waals surface area contributed by atoms with Gasteiger partial charge in [0.15, 0.2) is 0 Å². The highest BCUT2D eigenvalue weighted by molar-refractivity contribution is 7.33. The molecule has 2 rings (SSSR count). The summed E-state index contributed by atoms with van der Waals surface area (Å²) in [6, 6.07) is 7.73. The quantitative estimate of drug-likeness (QED) is 0.846. The highest BCUT2D eigenvalue weighted by Gasteiger charge is 2.31. The van der Waals surface area contributed by atoms with Crippen molar-refractivity contribution in [2.45, 2.75) is 33.2 Å². The Balaban J connectivity index is 2.33. The van der Waals surface area contributed by atoms with Crippen LogP contribution in [0.1, 0.15) is 33.3 Å². The van der Waals surface area contributed by atoms with E-state index >= 15 is 0 Å². The van der Waals surface area contributed by atoms with Crippen LogP contribution in [0, 0.1) is 0 Å². The number of hydrogen-bond donors (Lipinski definition) is 1. The lowest BCUT2D eigenvalue weighted by Gasteiger charge is -2.38. The Morgan fingerprint density at radius 3 is 2.65 bits per heavy atom. The highest BCUT2D eigenvalue weighted by atomic mass is 31.1. The maximum Gasteiger partial charge on any atom is 0.750 e. The molecule has 5 nitrogen and oxygen atoms in total. The van der Waals surface area contributed by atoms with E-state index in [2.05, 4.69) is 26.2 Å². The summed E-state index contributed by atoms with van der Waals surface area (Å²) in [5.74, 6) is 0.545. The second-order valence-corrected chi connectivity index (χ2v) is 6.31. The Hall–Kier alpha value is -1.58. The van der Waals surface area contributed by atoms with Crippen molar-refractivity contribution in [2.24, 2.45) is 0 Å². The molecule has 0 aliphatic carbocycles. The summed E-state index contributed by atoms with van der Waals surface area (Å²) < 4.78 is 22.1. The number of hydrogen-bond acceptors (Lipinski definition) is 5. The van der Waals surface area contributed by atoms with Crippen molar-refractivity contribution < 1.29 is 13.6 Å². The molecule has 0 spiro atoms. The molecule has 0 radical (unpaired) electrons.